The molecule has 0 aliphatic heterocycles. The maximum Gasteiger partial charge on any atom is 0.138 e. The molecule has 0 amide bonds. The first-order valence-electron chi connectivity index (χ1n) is 22.5. The number of pyridine rings is 4. The van der Waals surface area contributed by atoms with Crippen LogP contribution < -0.4 is 9.80 Å². The Kier molecular flexibility index (Phi) is 10.1. The molecule has 66 heavy (non-hydrogen) atoms. The second-order valence-corrected chi connectivity index (χ2v) is 18.1. The van der Waals surface area contributed by atoms with E-state index in [9.17, 15) is 0 Å². The molecule has 4 aromatic heterocycles. The van der Waals surface area contributed by atoms with Crippen molar-refractivity contribution in [2.45, 2.75) is 38.5 Å². The first-order chi connectivity index (χ1) is 32.2. The standard InChI is InChI=1S/C60H48N6/c1-59(2)51-37-43(25-29-47(51)49-31-27-45(39-53(49)59)65(55-13-5-9-33-61-55)56-14-6-10-34-62-56)23-21-41-17-19-42(20-18-41)22-24-44-26-30-48-50-32-28-46(40-54(50)60(3,4)52(48)38-44)66(57-15-7-11-35-63-57)58-16-8-12-36-64-58/h5-40H,1-4H3. The van der Waals surface area contributed by atoms with Gasteiger partial charge in [-0.1, -0.05) is 149 Å². The van der Waals surface area contributed by atoms with Crippen molar-refractivity contribution in [2.24, 2.45) is 0 Å². The quantitative estimate of drug-likeness (QED) is 0.128. The fourth-order valence-corrected chi connectivity index (χ4v) is 9.78. The monoisotopic (exact) mass is 852 g/mol. The van der Waals surface area contributed by atoms with Gasteiger partial charge in [-0.25, -0.2) is 19.9 Å². The van der Waals surface area contributed by atoms with Gasteiger partial charge in [0.15, 0.2) is 0 Å². The van der Waals surface area contributed by atoms with Gasteiger partial charge in [-0.2, -0.15) is 0 Å². The van der Waals surface area contributed by atoms with Gasteiger partial charge in [0.05, 0.1) is 0 Å². The summed E-state index contributed by atoms with van der Waals surface area (Å²) in [5.41, 5.74) is 16.7. The minimum absolute atomic E-state index is 0.191. The molecule has 0 spiro atoms. The molecule has 6 nitrogen and oxygen atoms in total. The van der Waals surface area contributed by atoms with Gasteiger partial charge in [0.1, 0.15) is 23.3 Å². The average Bonchev–Trinajstić information content (AvgIpc) is 3.72. The van der Waals surface area contributed by atoms with E-state index in [-0.39, 0.29) is 10.8 Å². The van der Waals surface area contributed by atoms with Gasteiger partial charge >= 0.3 is 0 Å². The predicted octanol–water partition coefficient (Wildman–Crippen LogP) is 15.2. The number of hydrogen-bond donors (Lipinski definition) is 0. The molecule has 2 aliphatic carbocycles. The molecular formula is C60H48N6. The van der Waals surface area contributed by atoms with Gasteiger partial charge < -0.3 is 0 Å². The lowest BCUT2D eigenvalue weighted by Crippen LogP contribution is -2.17. The SMILES string of the molecule is CC1(C)c2cc(C=Cc3ccc(C=Cc4ccc5c(c4)C(C)(C)c4cc(N(c6ccccn6)c6ccccn6)ccc4-5)cc3)ccc2-c2ccc(N(c3ccccn3)c3ccccn3)cc21. The Labute approximate surface area is 387 Å². The highest BCUT2D eigenvalue weighted by Gasteiger charge is 2.37. The minimum Gasteiger partial charge on any atom is -0.279 e. The van der Waals surface area contributed by atoms with Crippen LogP contribution in [0, 0.1) is 0 Å². The van der Waals surface area contributed by atoms with Gasteiger partial charge in [-0.15, -0.1) is 0 Å². The Balaban J connectivity index is 0.796. The second-order valence-electron chi connectivity index (χ2n) is 18.1. The molecule has 0 saturated heterocycles. The third-order valence-corrected chi connectivity index (χ3v) is 13.3. The Hall–Kier alpha value is -8.22. The number of benzene rings is 5. The van der Waals surface area contributed by atoms with Crippen molar-refractivity contribution < 1.29 is 0 Å². The van der Waals surface area contributed by atoms with E-state index in [1.807, 2.05) is 97.6 Å². The Morgan fingerprint density at radius 2 is 0.606 bits per heavy atom. The molecule has 0 saturated carbocycles. The summed E-state index contributed by atoms with van der Waals surface area (Å²) >= 11 is 0. The number of nitrogens with zero attached hydrogens (tertiary/aromatic N) is 6. The van der Waals surface area contributed by atoms with E-state index in [1.54, 1.807) is 0 Å². The highest BCUT2D eigenvalue weighted by molar-refractivity contribution is 5.88. The van der Waals surface area contributed by atoms with Gasteiger partial charge in [-0.05, 0) is 140 Å². The van der Waals surface area contributed by atoms with Gasteiger partial charge in [0, 0.05) is 47.0 Å². The summed E-state index contributed by atoms with van der Waals surface area (Å²) in [6.45, 7) is 9.31. The van der Waals surface area contributed by atoms with Crippen LogP contribution in [0.2, 0.25) is 0 Å². The van der Waals surface area contributed by atoms with Gasteiger partial charge in [0.25, 0.3) is 0 Å². The molecule has 5 aromatic carbocycles. The normalized spacial score (nSPS) is 13.9. The minimum atomic E-state index is -0.191. The van der Waals surface area contributed by atoms with Crippen LogP contribution in [0.1, 0.15) is 72.2 Å². The topological polar surface area (TPSA) is 58.0 Å². The number of hydrogen-bond acceptors (Lipinski definition) is 6. The summed E-state index contributed by atoms with van der Waals surface area (Å²) in [4.78, 5) is 23.0. The van der Waals surface area contributed by atoms with E-state index in [1.165, 1.54) is 55.6 Å². The van der Waals surface area contributed by atoms with Crippen LogP contribution in [0.5, 0.6) is 0 Å². The number of rotatable bonds is 10. The molecule has 9 aromatic rings. The summed E-state index contributed by atoms with van der Waals surface area (Å²) in [5.74, 6) is 3.33. The van der Waals surface area contributed by atoms with Gasteiger partial charge in [-0.3, -0.25) is 9.80 Å². The smallest absolute Gasteiger partial charge is 0.138 e. The molecule has 2 aliphatic rings. The van der Waals surface area contributed by atoms with Crippen LogP contribution in [0.25, 0.3) is 46.6 Å². The highest BCUT2D eigenvalue weighted by Crippen LogP contribution is 2.52. The Morgan fingerprint density at radius 1 is 0.318 bits per heavy atom. The van der Waals surface area contributed by atoms with Crippen molar-refractivity contribution in [1.29, 1.82) is 0 Å². The van der Waals surface area contributed by atoms with E-state index < -0.39 is 0 Å². The Bertz CT molecular complexity index is 2980. The van der Waals surface area contributed by atoms with Crippen molar-refractivity contribution in [2.75, 3.05) is 9.80 Å². The molecule has 0 unspecified atom stereocenters. The summed E-state index contributed by atoms with van der Waals surface area (Å²) in [5, 5.41) is 0. The third kappa shape index (κ3) is 7.27. The molecular weight excluding hydrogens is 805 g/mol. The first-order valence-corrected chi connectivity index (χ1v) is 22.5. The first kappa shape index (κ1) is 40.5. The van der Waals surface area contributed by atoms with Crippen molar-refractivity contribution in [3.8, 4) is 22.3 Å². The molecule has 0 N–H and O–H groups in total. The molecule has 318 valence electrons. The summed E-state index contributed by atoms with van der Waals surface area (Å²) in [6.07, 6.45) is 16.2. The van der Waals surface area contributed by atoms with Gasteiger partial charge in [0.2, 0.25) is 0 Å². The molecule has 11 rings (SSSR count). The van der Waals surface area contributed by atoms with Crippen LogP contribution >= 0.6 is 0 Å². The summed E-state index contributed by atoms with van der Waals surface area (Å²) in [6, 6.07) is 59.9. The van der Waals surface area contributed by atoms with E-state index in [0.717, 1.165) is 45.8 Å². The average molecular weight is 853 g/mol. The van der Waals surface area contributed by atoms with Crippen LogP contribution in [-0.4, -0.2) is 19.9 Å². The van der Waals surface area contributed by atoms with E-state index in [2.05, 4.69) is 159 Å². The van der Waals surface area contributed by atoms with Crippen molar-refractivity contribution in [1.82, 2.24) is 19.9 Å². The van der Waals surface area contributed by atoms with Crippen LogP contribution in [0.4, 0.5) is 34.6 Å². The fraction of sp³-hybridized carbons (Fsp3) is 0.100. The van der Waals surface area contributed by atoms with Crippen LogP contribution in [0.15, 0.2) is 195 Å². The largest absolute Gasteiger partial charge is 0.279 e. The third-order valence-electron chi connectivity index (χ3n) is 13.3. The van der Waals surface area contributed by atoms with E-state index >= 15 is 0 Å². The number of anilines is 6. The lowest BCUT2D eigenvalue weighted by atomic mass is 9.81. The van der Waals surface area contributed by atoms with E-state index in [0.29, 0.717) is 0 Å². The number of aromatic nitrogens is 4. The fourth-order valence-electron chi connectivity index (χ4n) is 9.78. The zero-order valence-electron chi connectivity index (χ0n) is 37.5. The zero-order chi connectivity index (χ0) is 44.8. The molecule has 0 bridgehead atoms. The van der Waals surface area contributed by atoms with Crippen molar-refractivity contribution in [3.63, 3.8) is 0 Å². The lowest BCUT2D eigenvalue weighted by Gasteiger charge is -2.26. The molecule has 4 heterocycles. The molecule has 6 heteroatoms. The van der Waals surface area contributed by atoms with Crippen molar-refractivity contribution in [3.05, 3.63) is 239 Å². The van der Waals surface area contributed by atoms with Crippen LogP contribution in [0.3, 0.4) is 0 Å². The summed E-state index contributed by atoms with van der Waals surface area (Å²) < 4.78 is 0. The zero-order valence-corrected chi connectivity index (χ0v) is 37.5. The maximum atomic E-state index is 4.70. The molecule has 0 fully saturated rings. The van der Waals surface area contributed by atoms with Crippen LogP contribution in [-0.2, 0) is 10.8 Å². The number of fused-ring (bicyclic) bond motifs is 6. The lowest BCUT2D eigenvalue weighted by molar-refractivity contribution is 0.660. The predicted molar refractivity (Wildman–Crippen MR) is 273 cm³/mol. The second kappa shape index (κ2) is 16.4. The van der Waals surface area contributed by atoms with E-state index in [4.69, 9.17) is 19.9 Å². The Morgan fingerprint density at radius 3 is 0.924 bits per heavy atom. The van der Waals surface area contributed by atoms with Crippen molar-refractivity contribution >= 4 is 59.0 Å². The molecule has 0 atom stereocenters. The maximum absolute atomic E-state index is 4.70. The molecule has 0 radical (unpaired) electrons. The summed E-state index contributed by atoms with van der Waals surface area (Å²) in [7, 11) is 0. The highest BCUT2D eigenvalue weighted by atomic mass is 15.2.